The Kier molecular flexibility index (Phi) is 7.86. The summed E-state index contributed by atoms with van der Waals surface area (Å²) in [5.74, 6) is -0.229. The van der Waals surface area contributed by atoms with Crippen LogP contribution in [0.25, 0.3) is 6.08 Å². The van der Waals surface area contributed by atoms with Crippen LogP contribution in [0.1, 0.15) is 37.8 Å². The van der Waals surface area contributed by atoms with Crippen LogP contribution in [-0.2, 0) is 9.53 Å². The molecule has 1 N–H and O–H groups in total. The summed E-state index contributed by atoms with van der Waals surface area (Å²) < 4.78 is 6.51. The third-order valence-electron chi connectivity index (χ3n) is 7.03. The summed E-state index contributed by atoms with van der Waals surface area (Å²) in [5.41, 5.74) is 7.97. The molecule has 0 unspecified atom stereocenters. The van der Waals surface area contributed by atoms with Gasteiger partial charge in [0, 0.05) is 47.6 Å². The third-order valence-corrected chi connectivity index (χ3v) is 7.53. The van der Waals surface area contributed by atoms with Gasteiger partial charge in [-0.3, -0.25) is 4.79 Å². The molecule has 0 radical (unpaired) electrons. The molecule has 37 heavy (non-hydrogen) atoms. The van der Waals surface area contributed by atoms with E-state index < -0.39 is 0 Å². The summed E-state index contributed by atoms with van der Waals surface area (Å²) in [6.07, 6.45) is 5.95. The maximum Gasteiger partial charge on any atom is 0.276 e. The van der Waals surface area contributed by atoms with Crippen LogP contribution in [0.3, 0.4) is 0 Å². The van der Waals surface area contributed by atoms with Gasteiger partial charge in [0.2, 0.25) is 0 Å². The van der Waals surface area contributed by atoms with Crippen LogP contribution in [0.5, 0.6) is 0 Å². The van der Waals surface area contributed by atoms with Crippen LogP contribution >= 0.6 is 15.9 Å². The zero-order chi connectivity index (χ0) is 25.8. The van der Waals surface area contributed by atoms with Gasteiger partial charge in [-0.1, -0.05) is 28.1 Å². The zero-order valence-electron chi connectivity index (χ0n) is 21.3. The second-order valence-electron chi connectivity index (χ2n) is 9.24. The number of anilines is 2. The van der Waals surface area contributed by atoms with E-state index in [2.05, 4.69) is 85.4 Å². The lowest BCUT2D eigenvalue weighted by atomic mass is 10.1. The Labute approximate surface area is 226 Å². The molecule has 1 fully saturated rings. The molecule has 1 aliphatic carbocycles. The number of benzene rings is 2. The lowest BCUT2D eigenvalue weighted by Gasteiger charge is -2.31. The minimum atomic E-state index is -0.229. The van der Waals surface area contributed by atoms with Crippen LogP contribution in [-0.4, -0.2) is 62.1 Å². The number of rotatable bonds is 7. The number of hydrogen-bond donors (Lipinski definition) is 1. The lowest BCUT2D eigenvalue weighted by molar-refractivity contribution is -0.110. The number of nitrogens with zero attached hydrogens (tertiary/aromatic N) is 4. The fourth-order valence-corrected chi connectivity index (χ4v) is 5.48. The average Bonchev–Trinajstić information content (AvgIpc) is 3.46. The van der Waals surface area contributed by atoms with Crippen LogP contribution in [0, 0.1) is 0 Å². The molecule has 2 aromatic rings. The fourth-order valence-electron chi connectivity index (χ4n) is 5.12. The third kappa shape index (κ3) is 5.55. The number of carbonyl (C=O) groups excluding carboxylic acids is 1. The van der Waals surface area contributed by atoms with Gasteiger partial charge in [-0.15, -0.1) is 5.10 Å². The molecule has 1 saturated heterocycles. The van der Waals surface area contributed by atoms with Gasteiger partial charge in [0.05, 0.1) is 25.1 Å². The van der Waals surface area contributed by atoms with Crippen LogP contribution in [0.2, 0.25) is 0 Å². The molecule has 2 heterocycles. The van der Waals surface area contributed by atoms with E-state index in [1.807, 2.05) is 24.4 Å². The second-order valence-corrected chi connectivity index (χ2v) is 10.2. The number of amides is 1. The van der Waals surface area contributed by atoms with Crippen molar-refractivity contribution in [1.82, 2.24) is 4.90 Å². The van der Waals surface area contributed by atoms with Crippen molar-refractivity contribution in [2.45, 2.75) is 26.7 Å². The summed E-state index contributed by atoms with van der Waals surface area (Å²) in [5, 5.41) is 11.6. The molecule has 2 aliphatic heterocycles. The zero-order valence-corrected chi connectivity index (χ0v) is 22.9. The fraction of sp³-hybridized carbons (Fsp3) is 0.345. The highest BCUT2D eigenvalue weighted by Crippen LogP contribution is 2.35. The molecular formula is C29H32BrN5O2. The Hall–Kier alpha value is -3.23. The highest BCUT2D eigenvalue weighted by atomic mass is 79.9. The number of carbonyl (C=O) groups is 1. The van der Waals surface area contributed by atoms with E-state index in [1.54, 1.807) is 0 Å². The minimum absolute atomic E-state index is 0.229. The maximum absolute atomic E-state index is 12.5. The van der Waals surface area contributed by atoms with E-state index in [9.17, 15) is 4.79 Å². The molecule has 7 nitrogen and oxygen atoms in total. The van der Waals surface area contributed by atoms with Crippen molar-refractivity contribution < 1.29 is 9.53 Å². The Morgan fingerprint density at radius 3 is 2.57 bits per heavy atom. The van der Waals surface area contributed by atoms with Gasteiger partial charge >= 0.3 is 0 Å². The van der Waals surface area contributed by atoms with Gasteiger partial charge < -0.3 is 19.9 Å². The number of ether oxygens (including phenoxy) is 1. The van der Waals surface area contributed by atoms with E-state index in [1.165, 1.54) is 22.5 Å². The van der Waals surface area contributed by atoms with Gasteiger partial charge in [0.15, 0.2) is 5.71 Å². The molecule has 192 valence electrons. The maximum atomic E-state index is 12.5. The molecule has 3 aliphatic rings. The number of nitrogens with one attached hydrogen (secondary N) is 1. The number of halogens is 1. The van der Waals surface area contributed by atoms with Crippen molar-refractivity contribution in [1.29, 1.82) is 0 Å². The summed E-state index contributed by atoms with van der Waals surface area (Å²) >= 11 is 3.47. The smallest absolute Gasteiger partial charge is 0.276 e. The first-order valence-electron chi connectivity index (χ1n) is 12.9. The van der Waals surface area contributed by atoms with Crippen LogP contribution in [0.4, 0.5) is 11.4 Å². The molecule has 0 aromatic heterocycles. The van der Waals surface area contributed by atoms with E-state index in [4.69, 9.17) is 4.74 Å². The molecular weight excluding hydrogens is 530 g/mol. The highest BCUT2D eigenvalue weighted by molar-refractivity contribution is 9.10. The normalized spacial score (nSPS) is 19.9. The van der Waals surface area contributed by atoms with Gasteiger partial charge in [-0.05, 0) is 79.8 Å². The largest absolute Gasteiger partial charge is 0.378 e. The van der Waals surface area contributed by atoms with Gasteiger partial charge in [-0.25, -0.2) is 0 Å². The number of morpholine rings is 1. The topological polar surface area (TPSA) is 69.5 Å². The van der Waals surface area contributed by atoms with E-state index in [0.29, 0.717) is 18.9 Å². The van der Waals surface area contributed by atoms with E-state index >= 15 is 0 Å². The lowest BCUT2D eigenvalue weighted by Crippen LogP contribution is -2.36. The Morgan fingerprint density at radius 1 is 1.08 bits per heavy atom. The molecule has 0 spiro atoms. The standard InChI is InChI=1S/C29H32BrN5O2/c1-3-34(4-2)24-10-5-20(6-11-24)17-21-7-8-22(28(21)35-13-15-37-16-14-35)19-31-33-27-25-18-23(30)9-12-26(25)32-29(27)36/h5-6,9-12,17-19H,3-4,7-8,13-16H2,1-2H3,(H,32,33,36)/b21-17+,31-19-. The monoisotopic (exact) mass is 561 g/mol. The van der Waals surface area contributed by atoms with E-state index in [0.717, 1.165) is 60.3 Å². The quantitative estimate of drug-likeness (QED) is 0.358. The Bertz CT molecular complexity index is 1290. The van der Waals surface area contributed by atoms with Crippen LogP contribution < -0.4 is 10.2 Å². The summed E-state index contributed by atoms with van der Waals surface area (Å²) in [4.78, 5) is 17.2. The first-order chi connectivity index (χ1) is 18.1. The molecule has 0 atom stereocenters. The number of allylic oxidation sites excluding steroid dienone is 2. The average molecular weight is 563 g/mol. The van der Waals surface area contributed by atoms with Gasteiger partial charge in [-0.2, -0.15) is 5.10 Å². The summed E-state index contributed by atoms with van der Waals surface area (Å²) in [6, 6.07) is 14.5. The van der Waals surface area contributed by atoms with Crippen molar-refractivity contribution in [2.24, 2.45) is 10.2 Å². The van der Waals surface area contributed by atoms with Crippen molar-refractivity contribution in [3.63, 3.8) is 0 Å². The molecule has 0 saturated carbocycles. The van der Waals surface area contributed by atoms with Crippen molar-refractivity contribution in [3.05, 3.63) is 74.9 Å². The summed E-state index contributed by atoms with van der Waals surface area (Å²) in [6.45, 7) is 9.49. The minimum Gasteiger partial charge on any atom is -0.378 e. The molecule has 5 rings (SSSR count). The number of fused-ring (bicyclic) bond motifs is 1. The molecule has 1 amide bonds. The Morgan fingerprint density at radius 2 is 1.84 bits per heavy atom. The first kappa shape index (κ1) is 25.4. The van der Waals surface area contributed by atoms with Gasteiger partial charge in [0.25, 0.3) is 5.91 Å². The van der Waals surface area contributed by atoms with Crippen molar-refractivity contribution in [2.75, 3.05) is 49.6 Å². The van der Waals surface area contributed by atoms with Crippen LogP contribution in [0.15, 0.2) is 74.0 Å². The predicted octanol–water partition coefficient (Wildman–Crippen LogP) is 5.49. The SMILES string of the molecule is CCN(CC)c1ccc(/C=C2\CCC(/C=N\N=C3/C(=O)Nc4ccc(Br)cc43)=C2N2CCOCC2)cc1. The van der Waals surface area contributed by atoms with Gasteiger partial charge in [0.1, 0.15) is 0 Å². The molecule has 2 aromatic carbocycles. The second kappa shape index (κ2) is 11.4. The van der Waals surface area contributed by atoms with E-state index in [-0.39, 0.29) is 5.91 Å². The molecule has 0 bridgehead atoms. The van der Waals surface area contributed by atoms with Crippen molar-refractivity contribution >= 4 is 51.2 Å². The number of hydrogen-bond acceptors (Lipinski definition) is 6. The summed E-state index contributed by atoms with van der Waals surface area (Å²) in [7, 11) is 0. The molecule has 8 heteroatoms. The highest BCUT2D eigenvalue weighted by Gasteiger charge is 2.27. The first-order valence-corrected chi connectivity index (χ1v) is 13.7. The van der Waals surface area contributed by atoms with Crippen molar-refractivity contribution in [3.8, 4) is 0 Å². The Balaban J connectivity index is 1.44. The predicted molar refractivity (Wildman–Crippen MR) is 154 cm³/mol.